The average Bonchev–Trinajstić information content (AvgIpc) is 3.39. The lowest BCUT2D eigenvalue weighted by molar-refractivity contribution is -0.151. The summed E-state index contributed by atoms with van der Waals surface area (Å²) in [4.78, 5) is 44.2. The number of carbonyl (C=O) groups is 4. The number of amides is 1. The Labute approximate surface area is 142 Å². The second-order valence-electron chi connectivity index (χ2n) is 6.51. The quantitative estimate of drug-likeness (QED) is 0.432. The standard InChI is InChI=1S/C10H14O2.C8H11NO3/c1-4-9-6-10(9,8(3)12)5-7(2)11;1-3-5-4-8(5,6(9)10)7(11)12-2/h4,9H,1,5-6H2,2-3H3;3,5H,1,4H2,2H3,(H2,9,10)/t9-,10-;5-,8+/m00/s1. The zero-order valence-corrected chi connectivity index (χ0v) is 14.5. The molecule has 0 aliphatic heterocycles. The Bertz CT molecular complexity index is 596. The second kappa shape index (κ2) is 7.11. The summed E-state index contributed by atoms with van der Waals surface area (Å²) in [5.74, 6) is -0.877. The Kier molecular flexibility index (Phi) is 5.87. The van der Waals surface area contributed by atoms with Crippen LogP contribution in [0.25, 0.3) is 0 Å². The first-order valence-corrected chi connectivity index (χ1v) is 7.76. The highest BCUT2D eigenvalue weighted by atomic mass is 16.5. The zero-order valence-electron chi connectivity index (χ0n) is 14.5. The highest BCUT2D eigenvalue weighted by Crippen LogP contribution is 2.56. The van der Waals surface area contributed by atoms with Gasteiger partial charge < -0.3 is 10.5 Å². The molecule has 2 aliphatic rings. The second-order valence-corrected chi connectivity index (χ2v) is 6.51. The van der Waals surface area contributed by atoms with E-state index in [4.69, 9.17) is 5.73 Å². The molecule has 2 rings (SSSR count). The Morgan fingerprint density at radius 3 is 1.92 bits per heavy atom. The molecule has 6 heteroatoms. The van der Waals surface area contributed by atoms with Gasteiger partial charge in [-0.25, -0.2) is 0 Å². The number of methoxy groups -OCH3 is 1. The molecule has 0 unspecified atom stereocenters. The van der Waals surface area contributed by atoms with Crippen molar-refractivity contribution in [3.8, 4) is 0 Å². The molecule has 0 spiro atoms. The van der Waals surface area contributed by atoms with Gasteiger partial charge >= 0.3 is 5.97 Å². The van der Waals surface area contributed by atoms with Gasteiger partial charge in [0.1, 0.15) is 11.6 Å². The average molecular weight is 335 g/mol. The Hall–Kier alpha value is -2.24. The van der Waals surface area contributed by atoms with Gasteiger partial charge in [-0.05, 0) is 32.6 Å². The summed E-state index contributed by atoms with van der Waals surface area (Å²) in [7, 11) is 1.24. The fourth-order valence-corrected chi connectivity index (χ4v) is 3.19. The molecule has 0 radical (unpaired) electrons. The van der Waals surface area contributed by atoms with Crippen molar-refractivity contribution in [1.29, 1.82) is 0 Å². The number of hydrogen-bond acceptors (Lipinski definition) is 5. The normalized spacial score (nSPS) is 32.5. The van der Waals surface area contributed by atoms with Crippen molar-refractivity contribution in [3.63, 3.8) is 0 Å². The third-order valence-electron chi connectivity index (χ3n) is 4.97. The van der Waals surface area contributed by atoms with Crippen LogP contribution in [0.4, 0.5) is 0 Å². The molecule has 132 valence electrons. The molecule has 1 amide bonds. The number of rotatable bonds is 7. The summed E-state index contributed by atoms with van der Waals surface area (Å²) in [5.41, 5.74) is 3.61. The molecule has 0 heterocycles. The maximum Gasteiger partial charge on any atom is 0.321 e. The van der Waals surface area contributed by atoms with Crippen molar-refractivity contribution in [2.45, 2.75) is 33.1 Å². The molecule has 4 atom stereocenters. The number of Topliss-reactive ketones (excluding diaryl/α,β-unsaturated/α-hetero) is 2. The van der Waals surface area contributed by atoms with Crippen molar-refractivity contribution in [1.82, 2.24) is 0 Å². The van der Waals surface area contributed by atoms with E-state index in [1.807, 2.05) is 0 Å². The Morgan fingerprint density at radius 2 is 1.67 bits per heavy atom. The van der Waals surface area contributed by atoms with Crippen LogP contribution < -0.4 is 5.73 Å². The molecule has 0 saturated heterocycles. The topological polar surface area (TPSA) is 104 Å². The van der Waals surface area contributed by atoms with E-state index >= 15 is 0 Å². The molecule has 0 aromatic heterocycles. The van der Waals surface area contributed by atoms with Crippen LogP contribution in [0.2, 0.25) is 0 Å². The number of nitrogens with two attached hydrogens (primary N) is 1. The van der Waals surface area contributed by atoms with Crippen LogP contribution in [0, 0.1) is 22.7 Å². The lowest BCUT2D eigenvalue weighted by atomic mass is 9.92. The minimum absolute atomic E-state index is 0.0922. The summed E-state index contributed by atoms with van der Waals surface area (Å²) >= 11 is 0. The number of primary amides is 1. The minimum atomic E-state index is -1.11. The number of hydrogen-bond donors (Lipinski definition) is 1. The summed E-state index contributed by atoms with van der Waals surface area (Å²) in [5, 5.41) is 0. The maximum absolute atomic E-state index is 11.2. The molecule has 0 aromatic rings. The monoisotopic (exact) mass is 335 g/mol. The van der Waals surface area contributed by atoms with Gasteiger partial charge in [0.05, 0.1) is 7.11 Å². The van der Waals surface area contributed by atoms with E-state index in [-0.39, 0.29) is 28.8 Å². The van der Waals surface area contributed by atoms with E-state index in [9.17, 15) is 19.2 Å². The number of ether oxygens (including phenoxy) is 1. The van der Waals surface area contributed by atoms with Gasteiger partial charge in [-0.15, -0.1) is 13.2 Å². The Balaban J connectivity index is 0.000000240. The van der Waals surface area contributed by atoms with Crippen LogP contribution in [0.1, 0.15) is 33.1 Å². The van der Waals surface area contributed by atoms with Gasteiger partial charge in [0.15, 0.2) is 5.41 Å². The lowest BCUT2D eigenvalue weighted by Gasteiger charge is -2.09. The molecule has 2 N–H and O–H groups in total. The number of allylic oxidation sites excluding steroid dienone is 2. The van der Waals surface area contributed by atoms with Gasteiger partial charge in [0, 0.05) is 17.8 Å². The van der Waals surface area contributed by atoms with E-state index in [2.05, 4.69) is 17.9 Å². The van der Waals surface area contributed by atoms with Gasteiger partial charge in [-0.2, -0.15) is 0 Å². The molecule has 2 fully saturated rings. The smallest absolute Gasteiger partial charge is 0.321 e. The largest absolute Gasteiger partial charge is 0.468 e. The predicted molar refractivity (Wildman–Crippen MR) is 88.7 cm³/mol. The van der Waals surface area contributed by atoms with Crippen LogP contribution in [0.15, 0.2) is 25.3 Å². The first-order valence-electron chi connectivity index (χ1n) is 7.76. The first kappa shape index (κ1) is 19.8. The minimum Gasteiger partial charge on any atom is -0.468 e. The fraction of sp³-hybridized carbons (Fsp3) is 0.556. The number of ketones is 2. The number of carbonyl (C=O) groups excluding carboxylic acids is 4. The van der Waals surface area contributed by atoms with Gasteiger partial charge in [-0.1, -0.05) is 12.2 Å². The molecule has 0 bridgehead atoms. The molecular formula is C18H25NO5. The highest BCUT2D eigenvalue weighted by molar-refractivity contribution is 6.06. The van der Waals surface area contributed by atoms with E-state index in [0.717, 1.165) is 6.42 Å². The summed E-state index contributed by atoms with van der Waals surface area (Å²) < 4.78 is 4.48. The van der Waals surface area contributed by atoms with Gasteiger partial charge in [0.25, 0.3) is 0 Å². The SMILES string of the molecule is C=C[C@H]1C[C@@]1(C(N)=O)C(=O)OC.C=C[C@H]1C[C@@]1(CC(C)=O)C(C)=O. The van der Waals surface area contributed by atoms with Gasteiger partial charge in [0.2, 0.25) is 5.91 Å². The van der Waals surface area contributed by atoms with Crippen molar-refractivity contribution in [3.05, 3.63) is 25.3 Å². The van der Waals surface area contributed by atoms with E-state index < -0.39 is 17.3 Å². The molecule has 24 heavy (non-hydrogen) atoms. The van der Waals surface area contributed by atoms with Crippen molar-refractivity contribution in [2.24, 2.45) is 28.4 Å². The molecule has 0 aromatic carbocycles. The Morgan fingerprint density at radius 1 is 1.12 bits per heavy atom. The van der Waals surface area contributed by atoms with Crippen LogP contribution in [-0.2, 0) is 23.9 Å². The van der Waals surface area contributed by atoms with E-state index in [0.29, 0.717) is 12.8 Å². The van der Waals surface area contributed by atoms with Gasteiger partial charge in [-0.3, -0.25) is 19.2 Å². The zero-order chi connectivity index (χ0) is 18.7. The highest BCUT2D eigenvalue weighted by Gasteiger charge is 2.64. The fourth-order valence-electron chi connectivity index (χ4n) is 3.19. The van der Waals surface area contributed by atoms with Crippen LogP contribution in [0.5, 0.6) is 0 Å². The van der Waals surface area contributed by atoms with Crippen molar-refractivity contribution < 1.29 is 23.9 Å². The summed E-state index contributed by atoms with van der Waals surface area (Å²) in [6.45, 7) is 10.2. The van der Waals surface area contributed by atoms with E-state index in [1.165, 1.54) is 14.0 Å². The summed E-state index contributed by atoms with van der Waals surface area (Å²) in [6.07, 6.45) is 4.97. The maximum atomic E-state index is 11.2. The van der Waals surface area contributed by atoms with Crippen LogP contribution >= 0.6 is 0 Å². The van der Waals surface area contributed by atoms with Crippen molar-refractivity contribution >= 4 is 23.4 Å². The van der Waals surface area contributed by atoms with Crippen LogP contribution in [0.3, 0.4) is 0 Å². The molecule has 6 nitrogen and oxygen atoms in total. The molecular weight excluding hydrogens is 310 g/mol. The van der Waals surface area contributed by atoms with Crippen molar-refractivity contribution in [2.75, 3.05) is 7.11 Å². The lowest BCUT2D eigenvalue weighted by Crippen LogP contribution is -2.34. The third kappa shape index (κ3) is 3.47. The molecule has 2 saturated carbocycles. The van der Waals surface area contributed by atoms with Crippen LogP contribution in [-0.4, -0.2) is 30.6 Å². The van der Waals surface area contributed by atoms with E-state index in [1.54, 1.807) is 19.1 Å². The third-order valence-corrected chi connectivity index (χ3v) is 4.97. The first-order chi connectivity index (χ1) is 11.1. The predicted octanol–water partition coefficient (Wildman–Crippen LogP) is 1.58. The summed E-state index contributed by atoms with van der Waals surface area (Å²) in [6, 6.07) is 0. The number of esters is 1. The molecule has 2 aliphatic carbocycles.